The zero-order valence-electron chi connectivity index (χ0n) is 21.4. The van der Waals surface area contributed by atoms with Gasteiger partial charge in [-0.05, 0) is 42.3 Å². The Labute approximate surface area is 237 Å². The highest BCUT2D eigenvalue weighted by Gasteiger charge is 2.41. The third-order valence-electron chi connectivity index (χ3n) is 7.25. The fourth-order valence-corrected chi connectivity index (χ4v) is 6.40. The first-order chi connectivity index (χ1) is 19.1. The third kappa shape index (κ3) is 5.31. The first-order valence-electron chi connectivity index (χ1n) is 13.1. The van der Waals surface area contributed by atoms with Crippen molar-refractivity contribution in [3.8, 4) is 0 Å². The summed E-state index contributed by atoms with van der Waals surface area (Å²) in [4.78, 5) is 42.1. The standard InChI is InChI=1S/C30H28ClN5O2S/c31-24-12-6-4-8-21(24)20-39-30-33-25-13-7-5-11-23(25)28-32-26(29(38)36(28)30)14-15-27(37)35-18-16-34(17-19-35)22-9-2-1-3-10-22/h1-13,26H,14-20H2/t26-/m1/s1. The molecule has 9 heteroatoms. The highest BCUT2D eigenvalue weighted by Crippen LogP contribution is 2.35. The van der Waals surface area contributed by atoms with Gasteiger partial charge in [0.15, 0.2) is 5.17 Å². The van der Waals surface area contributed by atoms with Gasteiger partial charge in [-0.2, -0.15) is 0 Å². The van der Waals surface area contributed by atoms with Crippen molar-refractivity contribution in [2.24, 2.45) is 9.98 Å². The van der Waals surface area contributed by atoms with Crippen LogP contribution >= 0.6 is 23.4 Å². The number of anilines is 1. The van der Waals surface area contributed by atoms with E-state index in [2.05, 4.69) is 17.0 Å². The molecule has 7 nitrogen and oxygen atoms in total. The molecule has 1 fully saturated rings. The Morgan fingerprint density at radius 1 is 0.923 bits per heavy atom. The smallest absolute Gasteiger partial charge is 0.259 e. The molecule has 3 heterocycles. The van der Waals surface area contributed by atoms with E-state index in [9.17, 15) is 9.59 Å². The van der Waals surface area contributed by atoms with E-state index >= 15 is 0 Å². The molecule has 1 atom stereocenters. The fraction of sp³-hybridized carbons (Fsp3) is 0.267. The molecule has 0 spiro atoms. The van der Waals surface area contributed by atoms with Crippen molar-refractivity contribution >= 4 is 57.6 Å². The summed E-state index contributed by atoms with van der Waals surface area (Å²) in [6.45, 7) is 2.95. The molecule has 0 N–H and O–H groups in total. The number of hydrogen-bond donors (Lipinski definition) is 0. The maximum absolute atomic E-state index is 13.6. The van der Waals surface area contributed by atoms with Crippen molar-refractivity contribution in [2.45, 2.75) is 24.6 Å². The van der Waals surface area contributed by atoms with E-state index in [4.69, 9.17) is 21.6 Å². The minimum atomic E-state index is -0.605. The number of carbonyl (C=O) groups excluding carboxylic acids is 2. The van der Waals surface area contributed by atoms with Crippen molar-refractivity contribution in [1.82, 2.24) is 9.80 Å². The molecule has 39 heavy (non-hydrogen) atoms. The van der Waals surface area contributed by atoms with E-state index in [-0.39, 0.29) is 18.2 Å². The Morgan fingerprint density at radius 2 is 1.64 bits per heavy atom. The van der Waals surface area contributed by atoms with Crippen LogP contribution in [0.2, 0.25) is 5.02 Å². The summed E-state index contributed by atoms with van der Waals surface area (Å²) in [6.07, 6.45) is 0.661. The summed E-state index contributed by atoms with van der Waals surface area (Å²) in [5.74, 6) is 1.13. The molecule has 0 saturated carbocycles. The van der Waals surface area contributed by atoms with Gasteiger partial charge in [0.05, 0.1) is 5.69 Å². The maximum atomic E-state index is 13.6. The van der Waals surface area contributed by atoms with Crippen molar-refractivity contribution < 1.29 is 9.59 Å². The minimum Gasteiger partial charge on any atom is -0.368 e. The number of amides is 2. The van der Waals surface area contributed by atoms with Crippen LogP contribution in [0, 0.1) is 0 Å². The highest BCUT2D eigenvalue weighted by molar-refractivity contribution is 8.13. The zero-order chi connectivity index (χ0) is 26.8. The molecule has 2 amide bonds. The largest absolute Gasteiger partial charge is 0.368 e. The molecule has 3 aliphatic heterocycles. The Morgan fingerprint density at radius 3 is 2.44 bits per heavy atom. The lowest BCUT2D eigenvalue weighted by atomic mass is 10.1. The summed E-state index contributed by atoms with van der Waals surface area (Å²) >= 11 is 7.83. The van der Waals surface area contributed by atoms with Crippen molar-refractivity contribution in [3.05, 3.63) is 95.0 Å². The number of thioether (sulfide) groups is 1. The molecule has 0 aliphatic carbocycles. The Kier molecular flexibility index (Phi) is 7.39. The molecule has 1 saturated heterocycles. The first kappa shape index (κ1) is 25.6. The van der Waals surface area contributed by atoms with E-state index in [1.54, 1.807) is 4.90 Å². The van der Waals surface area contributed by atoms with Gasteiger partial charge in [0.2, 0.25) is 5.91 Å². The van der Waals surface area contributed by atoms with Crippen molar-refractivity contribution in [2.75, 3.05) is 31.1 Å². The SMILES string of the molecule is O=C(CC[C@H]1N=C2c3ccccc3N=C(SCc3ccccc3Cl)N2C1=O)N1CCN(c2ccccc2)CC1. The van der Waals surface area contributed by atoms with Gasteiger partial charge in [-0.3, -0.25) is 14.6 Å². The number of fused-ring (bicyclic) bond motifs is 3. The lowest BCUT2D eigenvalue weighted by Crippen LogP contribution is -2.49. The van der Waals surface area contributed by atoms with Gasteiger partial charge < -0.3 is 9.80 Å². The van der Waals surface area contributed by atoms with E-state index < -0.39 is 6.04 Å². The normalized spacial score (nSPS) is 18.4. The molecular formula is C30H28ClN5O2S. The van der Waals surface area contributed by atoms with Crippen LogP contribution in [0.4, 0.5) is 11.4 Å². The molecule has 0 radical (unpaired) electrons. The number of carbonyl (C=O) groups is 2. The lowest BCUT2D eigenvalue weighted by Gasteiger charge is -2.36. The van der Waals surface area contributed by atoms with Gasteiger partial charge in [0.1, 0.15) is 11.9 Å². The second-order valence-corrected chi connectivity index (χ2v) is 11.0. The monoisotopic (exact) mass is 557 g/mol. The number of para-hydroxylation sites is 2. The van der Waals surface area contributed by atoms with Crippen LogP contribution in [-0.2, 0) is 15.3 Å². The Hall–Kier alpha value is -3.62. The number of rotatable bonds is 6. The van der Waals surface area contributed by atoms with Crippen LogP contribution in [0.25, 0.3) is 0 Å². The van der Waals surface area contributed by atoms with Crippen molar-refractivity contribution in [3.63, 3.8) is 0 Å². The minimum absolute atomic E-state index is 0.0722. The Balaban J connectivity index is 1.12. The molecule has 3 aromatic carbocycles. The topological polar surface area (TPSA) is 68.6 Å². The van der Waals surface area contributed by atoms with Crippen molar-refractivity contribution in [1.29, 1.82) is 0 Å². The van der Waals surface area contributed by atoms with Gasteiger partial charge in [-0.15, -0.1) is 0 Å². The number of hydrogen-bond acceptors (Lipinski definition) is 6. The number of benzene rings is 3. The number of aliphatic imine (C=N–C) groups is 2. The summed E-state index contributed by atoms with van der Waals surface area (Å²) in [5, 5.41) is 1.27. The molecule has 3 aromatic rings. The average molecular weight is 558 g/mol. The molecule has 6 rings (SSSR count). The summed E-state index contributed by atoms with van der Waals surface area (Å²) in [6, 6.07) is 25.1. The van der Waals surface area contributed by atoms with E-state index in [0.29, 0.717) is 41.3 Å². The van der Waals surface area contributed by atoms with Crippen LogP contribution in [0.15, 0.2) is 88.8 Å². The lowest BCUT2D eigenvalue weighted by molar-refractivity contribution is -0.131. The third-order valence-corrected chi connectivity index (χ3v) is 8.60. The number of amidine groups is 2. The van der Waals surface area contributed by atoms with E-state index in [1.165, 1.54) is 17.4 Å². The van der Waals surface area contributed by atoms with Gasteiger partial charge in [0.25, 0.3) is 5.91 Å². The van der Waals surface area contributed by atoms with Gasteiger partial charge in [0, 0.05) is 54.6 Å². The predicted octanol–water partition coefficient (Wildman–Crippen LogP) is 5.36. The highest BCUT2D eigenvalue weighted by atomic mass is 35.5. The molecule has 198 valence electrons. The first-order valence-corrected chi connectivity index (χ1v) is 14.5. The van der Waals surface area contributed by atoms with Crippen LogP contribution in [0.3, 0.4) is 0 Å². The molecule has 3 aliphatic rings. The van der Waals surface area contributed by atoms with Crippen LogP contribution in [0.1, 0.15) is 24.0 Å². The predicted molar refractivity (Wildman–Crippen MR) is 158 cm³/mol. The Bertz CT molecular complexity index is 1450. The fourth-order valence-electron chi connectivity index (χ4n) is 5.12. The summed E-state index contributed by atoms with van der Waals surface area (Å²) in [5.41, 5.74) is 3.78. The quantitative estimate of drug-likeness (QED) is 0.409. The summed E-state index contributed by atoms with van der Waals surface area (Å²) in [7, 11) is 0. The van der Waals surface area contributed by atoms with Gasteiger partial charge in [-0.1, -0.05) is 71.9 Å². The van der Waals surface area contributed by atoms with E-state index in [1.807, 2.05) is 71.6 Å². The average Bonchev–Trinajstić information content (AvgIpc) is 3.32. The molecule has 0 unspecified atom stereocenters. The molecule has 0 bridgehead atoms. The second-order valence-electron chi connectivity index (χ2n) is 9.68. The molecule has 0 aromatic heterocycles. The van der Waals surface area contributed by atoms with E-state index in [0.717, 1.165) is 29.9 Å². The van der Waals surface area contributed by atoms with Crippen LogP contribution < -0.4 is 4.90 Å². The zero-order valence-corrected chi connectivity index (χ0v) is 22.9. The number of halogens is 1. The number of piperazine rings is 1. The number of nitrogens with zero attached hydrogens (tertiary/aromatic N) is 5. The second kappa shape index (κ2) is 11.2. The molecular weight excluding hydrogens is 530 g/mol. The van der Waals surface area contributed by atoms with Gasteiger partial charge >= 0.3 is 0 Å². The summed E-state index contributed by atoms with van der Waals surface area (Å²) < 4.78 is 0. The van der Waals surface area contributed by atoms with Gasteiger partial charge in [-0.25, -0.2) is 9.89 Å². The van der Waals surface area contributed by atoms with Crippen LogP contribution in [0.5, 0.6) is 0 Å². The van der Waals surface area contributed by atoms with Crippen LogP contribution in [-0.4, -0.2) is 64.8 Å². The maximum Gasteiger partial charge on any atom is 0.259 e.